The maximum Gasteiger partial charge on any atom is 0.103 e. The minimum Gasteiger partial charge on any atom is -0.469 e. The molecule has 20 heavy (non-hydrogen) atoms. The first kappa shape index (κ1) is 15.3. The maximum absolute atomic E-state index is 5.41. The molecule has 0 radical (unpaired) electrons. The molecule has 2 aromatic heterocycles. The van der Waals surface area contributed by atoms with Crippen LogP contribution in [0, 0.1) is 0 Å². The zero-order valence-electron chi connectivity index (χ0n) is 11.8. The molecule has 0 aliphatic heterocycles. The molecule has 2 heterocycles. The van der Waals surface area contributed by atoms with Gasteiger partial charge in [0.2, 0.25) is 0 Å². The summed E-state index contributed by atoms with van der Waals surface area (Å²) in [5.74, 6) is 1.06. The standard InChI is InChI=1S/C16H21BrN2O/c1-2-7-19-15(5-6-16-4-3-8-20-16)10-13-9-14(17)12-18-11-13/h3-4,8-9,11-12,15,19H,2,5-7,10H2,1H3. The van der Waals surface area contributed by atoms with Crippen molar-refractivity contribution < 1.29 is 4.42 Å². The number of furan rings is 1. The normalized spacial score (nSPS) is 12.5. The number of nitrogens with zero attached hydrogens (tertiary/aromatic N) is 1. The summed E-state index contributed by atoms with van der Waals surface area (Å²) >= 11 is 3.48. The Balaban J connectivity index is 1.92. The Morgan fingerprint density at radius 3 is 3.00 bits per heavy atom. The van der Waals surface area contributed by atoms with E-state index in [1.165, 1.54) is 5.56 Å². The molecule has 0 spiro atoms. The molecule has 3 nitrogen and oxygen atoms in total. The lowest BCUT2D eigenvalue weighted by atomic mass is 10.0. The van der Waals surface area contributed by atoms with E-state index in [4.69, 9.17) is 4.42 Å². The molecule has 4 heteroatoms. The van der Waals surface area contributed by atoms with Gasteiger partial charge in [-0.3, -0.25) is 4.98 Å². The number of pyridine rings is 1. The second kappa shape index (κ2) is 8.22. The zero-order chi connectivity index (χ0) is 14.2. The lowest BCUT2D eigenvalue weighted by molar-refractivity contribution is 0.441. The van der Waals surface area contributed by atoms with E-state index in [-0.39, 0.29) is 0 Å². The van der Waals surface area contributed by atoms with Crippen molar-refractivity contribution in [2.45, 2.75) is 38.6 Å². The van der Waals surface area contributed by atoms with Crippen molar-refractivity contribution >= 4 is 15.9 Å². The minimum absolute atomic E-state index is 0.455. The van der Waals surface area contributed by atoms with Crippen molar-refractivity contribution in [3.63, 3.8) is 0 Å². The number of aromatic nitrogens is 1. The second-order valence-corrected chi connectivity index (χ2v) is 5.90. The topological polar surface area (TPSA) is 38.1 Å². The van der Waals surface area contributed by atoms with Gasteiger partial charge in [-0.2, -0.15) is 0 Å². The molecule has 108 valence electrons. The fourth-order valence-corrected chi connectivity index (χ4v) is 2.66. The summed E-state index contributed by atoms with van der Waals surface area (Å²) in [6.45, 7) is 3.24. The van der Waals surface area contributed by atoms with Crippen LogP contribution in [0.15, 0.2) is 45.7 Å². The van der Waals surface area contributed by atoms with Gasteiger partial charge in [-0.1, -0.05) is 6.92 Å². The van der Waals surface area contributed by atoms with Crippen LogP contribution in [-0.2, 0) is 12.8 Å². The Morgan fingerprint density at radius 2 is 2.30 bits per heavy atom. The first-order valence-corrected chi connectivity index (χ1v) is 7.92. The highest BCUT2D eigenvalue weighted by molar-refractivity contribution is 9.10. The Kier molecular flexibility index (Phi) is 6.27. The van der Waals surface area contributed by atoms with Gasteiger partial charge in [0, 0.05) is 29.3 Å². The summed E-state index contributed by atoms with van der Waals surface area (Å²) in [6, 6.07) is 6.58. The van der Waals surface area contributed by atoms with Gasteiger partial charge in [0.05, 0.1) is 6.26 Å². The predicted octanol–water partition coefficient (Wildman–Crippen LogP) is 3.98. The smallest absolute Gasteiger partial charge is 0.103 e. The fourth-order valence-electron chi connectivity index (χ4n) is 2.25. The molecule has 2 rings (SSSR count). The van der Waals surface area contributed by atoms with Crippen LogP contribution in [0.4, 0.5) is 0 Å². The Bertz CT molecular complexity index is 499. The van der Waals surface area contributed by atoms with Gasteiger partial charge in [0.25, 0.3) is 0 Å². The quantitative estimate of drug-likeness (QED) is 0.792. The highest BCUT2D eigenvalue weighted by atomic mass is 79.9. The van der Waals surface area contributed by atoms with Crippen LogP contribution >= 0.6 is 15.9 Å². The average Bonchev–Trinajstić information content (AvgIpc) is 2.95. The average molecular weight is 337 g/mol. The summed E-state index contributed by atoms with van der Waals surface area (Å²) in [7, 11) is 0. The predicted molar refractivity (Wildman–Crippen MR) is 84.8 cm³/mol. The highest BCUT2D eigenvalue weighted by Gasteiger charge is 2.10. The second-order valence-electron chi connectivity index (χ2n) is 4.98. The molecule has 0 bridgehead atoms. The summed E-state index contributed by atoms with van der Waals surface area (Å²) in [6.07, 6.45) is 9.68. The lowest BCUT2D eigenvalue weighted by Crippen LogP contribution is -2.32. The van der Waals surface area contributed by atoms with E-state index in [2.05, 4.69) is 39.2 Å². The van der Waals surface area contributed by atoms with Gasteiger partial charge in [-0.05, 0) is 65.5 Å². The molecule has 0 aromatic carbocycles. The van der Waals surface area contributed by atoms with Crippen LogP contribution in [0.1, 0.15) is 31.1 Å². The molecule has 0 saturated carbocycles. The van der Waals surface area contributed by atoms with Crippen LogP contribution in [0.25, 0.3) is 0 Å². The fraction of sp³-hybridized carbons (Fsp3) is 0.438. The zero-order valence-corrected chi connectivity index (χ0v) is 13.4. The van der Waals surface area contributed by atoms with Crippen LogP contribution in [0.5, 0.6) is 0 Å². The van der Waals surface area contributed by atoms with Gasteiger partial charge in [-0.25, -0.2) is 0 Å². The summed E-state index contributed by atoms with van der Waals surface area (Å²) < 4.78 is 6.45. The van der Waals surface area contributed by atoms with Crippen molar-refractivity contribution in [2.24, 2.45) is 0 Å². The van der Waals surface area contributed by atoms with Crippen molar-refractivity contribution in [3.05, 3.63) is 52.7 Å². The van der Waals surface area contributed by atoms with Crippen LogP contribution in [-0.4, -0.2) is 17.6 Å². The third-order valence-electron chi connectivity index (χ3n) is 3.25. The molecule has 1 atom stereocenters. The van der Waals surface area contributed by atoms with Crippen LogP contribution in [0.2, 0.25) is 0 Å². The van der Waals surface area contributed by atoms with Crippen molar-refractivity contribution in [1.82, 2.24) is 10.3 Å². The summed E-state index contributed by atoms with van der Waals surface area (Å²) in [4.78, 5) is 4.23. The van der Waals surface area contributed by atoms with Gasteiger partial charge >= 0.3 is 0 Å². The number of halogens is 1. The molecular formula is C16H21BrN2O. The molecule has 0 aliphatic carbocycles. The number of nitrogens with one attached hydrogen (secondary N) is 1. The molecule has 0 amide bonds. The van der Waals surface area contributed by atoms with Gasteiger partial charge in [0.1, 0.15) is 5.76 Å². The molecule has 0 saturated heterocycles. The van der Waals surface area contributed by atoms with Crippen molar-refractivity contribution in [1.29, 1.82) is 0 Å². The minimum atomic E-state index is 0.455. The van der Waals surface area contributed by atoms with E-state index < -0.39 is 0 Å². The molecule has 1 unspecified atom stereocenters. The van der Waals surface area contributed by atoms with Crippen molar-refractivity contribution in [3.8, 4) is 0 Å². The summed E-state index contributed by atoms with van der Waals surface area (Å²) in [5, 5.41) is 3.62. The monoisotopic (exact) mass is 336 g/mol. The van der Waals surface area contributed by atoms with Crippen molar-refractivity contribution in [2.75, 3.05) is 6.54 Å². The van der Waals surface area contributed by atoms with E-state index in [1.54, 1.807) is 6.26 Å². The first-order valence-electron chi connectivity index (χ1n) is 7.13. The lowest BCUT2D eigenvalue weighted by Gasteiger charge is -2.18. The number of rotatable bonds is 8. The Hall–Kier alpha value is -1.13. The van der Waals surface area contributed by atoms with E-state index in [0.29, 0.717) is 6.04 Å². The molecular weight excluding hydrogens is 316 g/mol. The number of hydrogen-bond donors (Lipinski definition) is 1. The maximum atomic E-state index is 5.41. The molecule has 0 fully saturated rings. The van der Waals surface area contributed by atoms with Gasteiger partial charge in [0.15, 0.2) is 0 Å². The summed E-state index contributed by atoms with van der Waals surface area (Å²) in [5.41, 5.74) is 1.26. The van der Waals surface area contributed by atoms with E-state index in [9.17, 15) is 0 Å². The Morgan fingerprint density at radius 1 is 1.40 bits per heavy atom. The van der Waals surface area contributed by atoms with Crippen LogP contribution < -0.4 is 5.32 Å². The van der Waals surface area contributed by atoms with Gasteiger partial charge < -0.3 is 9.73 Å². The SMILES string of the molecule is CCCNC(CCc1ccco1)Cc1cncc(Br)c1. The van der Waals surface area contributed by atoms with E-state index >= 15 is 0 Å². The molecule has 0 aliphatic rings. The third kappa shape index (κ3) is 5.10. The highest BCUT2D eigenvalue weighted by Crippen LogP contribution is 2.14. The molecule has 1 N–H and O–H groups in total. The van der Waals surface area contributed by atoms with Crippen LogP contribution in [0.3, 0.4) is 0 Å². The molecule has 2 aromatic rings. The number of aryl methyl sites for hydroxylation is 1. The largest absolute Gasteiger partial charge is 0.469 e. The van der Waals surface area contributed by atoms with E-state index in [1.807, 2.05) is 24.5 Å². The third-order valence-corrected chi connectivity index (χ3v) is 3.68. The number of hydrogen-bond acceptors (Lipinski definition) is 3. The Labute approximate surface area is 128 Å². The van der Waals surface area contributed by atoms with E-state index in [0.717, 1.165) is 42.5 Å². The first-order chi connectivity index (χ1) is 9.78. The van der Waals surface area contributed by atoms with Gasteiger partial charge in [-0.15, -0.1) is 0 Å².